The lowest BCUT2D eigenvalue weighted by Gasteiger charge is -2.01. The van der Waals surface area contributed by atoms with Crippen LogP contribution in [0, 0.1) is 15.9 Å². The van der Waals surface area contributed by atoms with Gasteiger partial charge >= 0.3 is 0 Å². The SMILES string of the molecule is O=C(CCl)c1cc(Br)c(F)cc1[N+](=O)[O-]. The summed E-state index contributed by atoms with van der Waals surface area (Å²) < 4.78 is 13.0. The Morgan fingerprint density at radius 3 is 2.67 bits per heavy atom. The number of hydrogen-bond acceptors (Lipinski definition) is 3. The third kappa shape index (κ3) is 2.51. The maximum atomic E-state index is 13.0. The number of benzene rings is 1. The van der Waals surface area contributed by atoms with Gasteiger partial charge in [-0.15, -0.1) is 11.6 Å². The normalized spacial score (nSPS) is 10.1. The van der Waals surface area contributed by atoms with Crippen molar-refractivity contribution in [3.8, 4) is 0 Å². The summed E-state index contributed by atoms with van der Waals surface area (Å²) in [7, 11) is 0. The minimum atomic E-state index is -0.824. The average molecular weight is 296 g/mol. The fraction of sp³-hybridized carbons (Fsp3) is 0.125. The van der Waals surface area contributed by atoms with Gasteiger partial charge in [-0.05, 0) is 22.0 Å². The molecule has 0 unspecified atom stereocenters. The first-order valence-electron chi connectivity index (χ1n) is 3.70. The summed E-state index contributed by atoms with van der Waals surface area (Å²) in [6.45, 7) is 0. The van der Waals surface area contributed by atoms with Crippen LogP contribution in [0.2, 0.25) is 0 Å². The minimum Gasteiger partial charge on any atom is -0.293 e. The molecule has 0 fully saturated rings. The third-order valence-electron chi connectivity index (χ3n) is 1.66. The molecule has 4 nitrogen and oxygen atoms in total. The van der Waals surface area contributed by atoms with Crippen LogP contribution in [0.15, 0.2) is 16.6 Å². The maximum absolute atomic E-state index is 13.0. The molecule has 0 heterocycles. The van der Waals surface area contributed by atoms with E-state index in [0.717, 1.165) is 6.07 Å². The van der Waals surface area contributed by atoms with Gasteiger partial charge in [0, 0.05) is 0 Å². The molecule has 0 saturated carbocycles. The molecule has 0 atom stereocenters. The van der Waals surface area contributed by atoms with Crippen molar-refractivity contribution in [2.45, 2.75) is 0 Å². The Kier molecular flexibility index (Phi) is 3.76. The third-order valence-corrected chi connectivity index (χ3v) is 2.51. The monoisotopic (exact) mass is 295 g/mol. The molecule has 15 heavy (non-hydrogen) atoms. The second kappa shape index (κ2) is 4.67. The summed E-state index contributed by atoms with van der Waals surface area (Å²) in [5.41, 5.74) is -0.787. The molecule has 0 amide bonds. The number of carbonyl (C=O) groups is 1. The predicted octanol–water partition coefficient (Wildman–Crippen LogP) is 2.92. The van der Waals surface area contributed by atoms with Crippen molar-refractivity contribution in [3.63, 3.8) is 0 Å². The zero-order chi connectivity index (χ0) is 11.6. The Labute approximate surface area is 97.3 Å². The molecule has 1 rings (SSSR count). The first-order chi connectivity index (χ1) is 6.97. The number of carbonyl (C=O) groups excluding carboxylic acids is 1. The number of halogens is 3. The molecule has 80 valence electrons. The molecule has 0 aliphatic heterocycles. The Hall–Kier alpha value is -1.01. The van der Waals surface area contributed by atoms with Gasteiger partial charge in [-0.1, -0.05) is 0 Å². The molecule has 0 saturated heterocycles. The van der Waals surface area contributed by atoms with Crippen LogP contribution in [0.5, 0.6) is 0 Å². The first kappa shape index (κ1) is 12.1. The first-order valence-corrected chi connectivity index (χ1v) is 5.02. The molecule has 1 aromatic rings. The van der Waals surface area contributed by atoms with E-state index in [4.69, 9.17) is 11.6 Å². The Bertz CT molecular complexity index is 438. The van der Waals surface area contributed by atoms with Gasteiger partial charge in [0.15, 0.2) is 5.78 Å². The van der Waals surface area contributed by atoms with Crippen molar-refractivity contribution in [2.75, 3.05) is 5.88 Å². The highest BCUT2D eigenvalue weighted by Gasteiger charge is 2.22. The molecule has 0 N–H and O–H groups in total. The van der Waals surface area contributed by atoms with Crippen molar-refractivity contribution >= 4 is 39.0 Å². The van der Waals surface area contributed by atoms with E-state index < -0.39 is 22.2 Å². The topological polar surface area (TPSA) is 60.2 Å². The lowest BCUT2D eigenvalue weighted by molar-refractivity contribution is -0.385. The minimum absolute atomic E-state index is 0.0124. The molecular formula is C8H4BrClFNO3. The number of hydrogen-bond donors (Lipinski definition) is 0. The smallest absolute Gasteiger partial charge is 0.283 e. The van der Waals surface area contributed by atoms with E-state index in [9.17, 15) is 19.3 Å². The molecule has 7 heteroatoms. The van der Waals surface area contributed by atoms with Crippen LogP contribution >= 0.6 is 27.5 Å². The number of nitrogens with zero attached hydrogens (tertiary/aromatic N) is 1. The molecule has 0 aromatic heterocycles. The van der Waals surface area contributed by atoms with Gasteiger partial charge in [0.05, 0.1) is 26.9 Å². The number of nitro groups is 1. The Morgan fingerprint density at radius 1 is 1.60 bits per heavy atom. The van der Waals surface area contributed by atoms with E-state index in [1.807, 2.05) is 0 Å². The van der Waals surface area contributed by atoms with Crippen molar-refractivity contribution in [1.29, 1.82) is 0 Å². The molecule has 0 spiro atoms. The summed E-state index contributed by atoms with van der Waals surface area (Å²) >= 11 is 8.11. The van der Waals surface area contributed by atoms with Gasteiger partial charge in [0.1, 0.15) is 5.82 Å². The summed E-state index contributed by atoms with van der Waals surface area (Å²) in [5.74, 6) is -1.81. The maximum Gasteiger partial charge on any atom is 0.283 e. The summed E-state index contributed by atoms with van der Waals surface area (Å²) in [6.07, 6.45) is 0. The van der Waals surface area contributed by atoms with Crippen molar-refractivity contribution < 1.29 is 14.1 Å². The van der Waals surface area contributed by atoms with Crippen molar-refractivity contribution in [1.82, 2.24) is 0 Å². The van der Waals surface area contributed by atoms with Crippen LogP contribution in [-0.2, 0) is 0 Å². The van der Waals surface area contributed by atoms with E-state index in [0.29, 0.717) is 6.07 Å². The second-order valence-corrected chi connectivity index (χ2v) is 3.72. The molecular weight excluding hydrogens is 292 g/mol. The quantitative estimate of drug-likeness (QED) is 0.373. The van der Waals surface area contributed by atoms with E-state index >= 15 is 0 Å². The lowest BCUT2D eigenvalue weighted by Crippen LogP contribution is -2.06. The predicted molar refractivity (Wildman–Crippen MR) is 55.8 cm³/mol. The van der Waals surface area contributed by atoms with Gasteiger partial charge < -0.3 is 0 Å². The number of Topliss-reactive ketones (excluding diaryl/α,β-unsaturated/α-hetero) is 1. The zero-order valence-corrected chi connectivity index (χ0v) is 9.51. The molecule has 0 radical (unpaired) electrons. The van der Waals surface area contributed by atoms with Crippen LogP contribution < -0.4 is 0 Å². The molecule has 0 aliphatic rings. The lowest BCUT2D eigenvalue weighted by atomic mass is 10.1. The Balaban J connectivity index is 3.41. The van der Waals surface area contributed by atoms with Crippen LogP contribution in [0.4, 0.5) is 10.1 Å². The van der Waals surface area contributed by atoms with E-state index in [1.165, 1.54) is 0 Å². The molecule has 0 aliphatic carbocycles. The van der Waals surface area contributed by atoms with Gasteiger partial charge in [0.2, 0.25) is 0 Å². The molecule has 0 bridgehead atoms. The standard InChI is InChI=1S/C8H4BrClFNO3/c9-5-1-4(8(13)3-10)7(12(14)15)2-6(5)11/h1-2H,3H2. The van der Waals surface area contributed by atoms with E-state index in [-0.39, 0.29) is 15.9 Å². The summed E-state index contributed by atoms with van der Waals surface area (Å²) in [4.78, 5) is 20.9. The van der Waals surface area contributed by atoms with E-state index in [2.05, 4.69) is 15.9 Å². The molecule has 1 aromatic carbocycles. The fourth-order valence-corrected chi connectivity index (χ4v) is 1.47. The van der Waals surface area contributed by atoms with Gasteiger partial charge in [-0.3, -0.25) is 14.9 Å². The number of nitro benzene ring substituents is 1. The highest BCUT2D eigenvalue weighted by Crippen LogP contribution is 2.26. The number of ketones is 1. The second-order valence-electron chi connectivity index (χ2n) is 2.60. The van der Waals surface area contributed by atoms with Gasteiger partial charge in [0.25, 0.3) is 5.69 Å². The largest absolute Gasteiger partial charge is 0.293 e. The Morgan fingerprint density at radius 2 is 2.20 bits per heavy atom. The summed E-state index contributed by atoms with van der Waals surface area (Å²) in [5, 5.41) is 10.5. The van der Waals surface area contributed by atoms with Crippen LogP contribution in [-0.4, -0.2) is 16.6 Å². The highest BCUT2D eigenvalue weighted by molar-refractivity contribution is 9.10. The van der Waals surface area contributed by atoms with Crippen molar-refractivity contribution in [3.05, 3.63) is 38.1 Å². The zero-order valence-electron chi connectivity index (χ0n) is 7.17. The highest BCUT2D eigenvalue weighted by atomic mass is 79.9. The summed E-state index contributed by atoms with van der Waals surface area (Å²) in [6, 6.07) is 1.74. The van der Waals surface area contributed by atoms with Crippen molar-refractivity contribution in [2.24, 2.45) is 0 Å². The average Bonchev–Trinajstić information content (AvgIpc) is 2.20. The van der Waals surface area contributed by atoms with Gasteiger partial charge in [-0.25, -0.2) is 4.39 Å². The van der Waals surface area contributed by atoms with Gasteiger partial charge in [-0.2, -0.15) is 0 Å². The number of alkyl halides is 1. The van der Waals surface area contributed by atoms with Crippen LogP contribution in [0.25, 0.3) is 0 Å². The van der Waals surface area contributed by atoms with Crippen LogP contribution in [0.3, 0.4) is 0 Å². The van der Waals surface area contributed by atoms with Crippen LogP contribution in [0.1, 0.15) is 10.4 Å². The fourth-order valence-electron chi connectivity index (χ4n) is 0.983. The van der Waals surface area contributed by atoms with E-state index in [1.54, 1.807) is 0 Å². The number of rotatable bonds is 3.